The third-order valence-corrected chi connectivity index (χ3v) is 9.54. The third kappa shape index (κ3) is 6.90. The molecule has 0 radical (unpaired) electrons. The molecule has 0 aromatic heterocycles. The Balaban J connectivity index is 3.17. The molecule has 0 unspecified atom stereocenters. The molecule has 0 aliphatic heterocycles. The monoisotopic (exact) mass is 423 g/mol. The van der Waals surface area contributed by atoms with E-state index in [-0.39, 0.29) is 33.0 Å². The maximum atomic E-state index is 13.4. The predicted octanol–water partition coefficient (Wildman–Crippen LogP) is 4.97. The van der Waals surface area contributed by atoms with Crippen LogP contribution >= 0.6 is 15.2 Å². The minimum Gasteiger partial charge on any atom is -0.497 e. The fourth-order valence-electron chi connectivity index (χ4n) is 2.45. The number of hydrogen-bond donors (Lipinski definition) is 1. The molecule has 27 heavy (non-hydrogen) atoms. The van der Waals surface area contributed by atoms with Crippen molar-refractivity contribution in [1.29, 1.82) is 0 Å². The third-order valence-electron chi connectivity index (χ3n) is 3.55. The Morgan fingerprint density at radius 2 is 1.22 bits per heavy atom. The van der Waals surface area contributed by atoms with Gasteiger partial charge in [-0.3, -0.25) is 9.13 Å². The van der Waals surface area contributed by atoms with Crippen molar-refractivity contribution < 1.29 is 32.0 Å². The number of hydrogen-bond acceptors (Lipinski definition) is 8. The second-order valence-corrected chi connectivity index (χ2v) is 10.2. The Morgan fingerprint density at radius 1 is 0.815 bits per heavy atom. The average Bonchev–Trinajstić information content (AvgIpc) is 2.63. The van der Waals surface area contributed by atoms with E-state index in [9.17, 15) is 9.13 Å². The summed E-state index contributed by atoms with van der Waals surface area (Å²) in [5.41, 5.74) is 0.736. The highest BCUT2D eigenvalue weighted by molar-refractivity contribution is 7.72. The van der Waals surface area contributed by atoms with Gasteiger partial charge in [0.1, 0.15) is 5.75 Å². The van der Waals surface area contributed by atoms with Gasteiger partial charge in [-0.05, 0) is 52.0 Å². The first-order valence-electron chi connectivity index (χ1n) is 9.04. The molecule has 1 aromatic rings. The number of rotatable bonds is 14. The van der Waals surface area contributed by atoms with Gasteiger partial charge in [0.15, 0.2) is 5.40 Å². The quantitative estimate of drug-likeness (QED) is 0.420. The average molecular weight is 423 g/mol. The fraction of sp³-hybridized carbons (Fsp3) is 0.647. The number of nitrogens with one attached hydrogen (secondary N) is 1. The van der Waals surface area contributed by atoms with E-state index in [2.05, 4.69) is 5.32 Å². The van der Waals surface area contributed by atoms with Crippen LogP contribution in [-0.2, 0) is 27.2 Å². The largest absolute Gasteiger partial charge is 0.497 e. The molecule has 156 valence electrons. The lowest BCUT2D eigenvalue weighted by Crippen LogP contribution is -2.25. The first-order valence-corrected chi connectivity index (χ1v) is 12.3. The molecule has 0 amide bonds. The van der Waals surface area contributed by atoms with E-state index in [4.69, 9.17) is 22.8 Å². The van der Waals surface area contributed by atoms with E-state index in [0.29, 0.717) is 5.75 Å². The van der Waals surface area contributed by atoms with Gasteiger partial charge < -0.3 is 28.1 Å². The van der Waals surface area contributed by atoms with Gasteiger partial charge >= 0.3 is 15.2 Å². The van der Waals surface area contributed by atoms with E-state index in [0.717, 1.165) is 5.69 Å². The van der Waals surface area contributed by atoms with E-state index in [1.54, 1.807) is 59.1 Å². The van der Waals surface area contributed by atoms with Gasteiger partial charge in [0.25, 0.3) is 0 Å². The van der Waals surface area contributed by atoms with Crippen molar-refractivity contribution in [1.82, 2.24) is 0 Å². The summed E-state index contributed by atoms with van der Waals surface area (Å²) in [4.78, 5) is 0. The summed E-state index contributed by atoms with van der Waals surface area (Å²) in [6.45, 7) is 7.42. The Labute approximate surface area is 161 Å². The molecular formula is C17H31NO7P2. The molecular weight excluding hydrogens is 392 g/mol. The smallest absolute Gasteiger partial charge is 0.347 e. The molecule has 0 saturated carbocycles. The van der Waals surface area contributed by atoms with Crippen molar-refractivity contribution in [2.45, 2.75) is 33.1 Å². The normalized spacial score (nSPS) is 12.4. The summed E-state index contributed by atoms with van der Waals surface area (Å²) < 4.78 is 53.7. The SMILES string of the molecule is CCOP(=O)(OCC)C(CNc1ccc(OC)cc1)P(=O)(OCC)OCC. The molecule has 0 atom stereocenters. The van der Waals surface area contributed by atoms with Crippen LogP contribution in [0.4, 0.5) is 5.69 Å². The molecule has 0 bridgehead atoms. The van der Waals surface area contributed by atoms with Crippen LogP contribution in [0.3, 0.4) is 0 Å². The second-order valence-electron chi connectivity index (χ2n) is 5.34. The van der Waals surface area contributed by atoms with Gasteiger partial charge in [-0.15, -0.1) is 0 Å². The Hall–Kier alpha value is -0.880. The molecule has 0 aliphatic rings. The standard InChI is InChI=1S/C17H31NO7P2/c1-6-22-26(19,23-7-2)17(27(20,24-8-3)25-9-4)14-18-15-10-12-16(21-5)13-11-15/h10-13,17-18H,6-9,14H2,1-5H3. The number of anilines is 1. The van der Waals surface area contributed by atoms with Crippen molar-refractivity contribution in [2.75, 3.05) is 45.4 Å². The second kappa shape index (κ2) is 11.8. The lowest BCUT2D eigenvalue weighted by atomic mass is 10.3. The maximum absolute atomic E-state index is 13.4. The highest BCUT2D eigenvalue weighted by Gasteiger charge is 2.50. The van der Waals surface area contributed by atoms with Gasteiger partial charge in [-0.25, -0.2) is 0 Å². The van der Waals surface area contributed by atoms with Gasteiger partial charge in [-0.1, -0.05) is 0 Å². The van der Waals surface area contributed by atoms with Crippen molar-refractivity contribution in [2.24, 2.45) is 0 Å². The van der Waals surface area contributed by atoms with Crippen LogP contribution in [0.1, 0.15) is 27.7 Å². The van der Waals surface area contributed by atoms with Crippen LogP contribution in [0.5, 0.6) is 5.75 Å². The van der Waals surface area contributed by atoms with Crippen LogP contribution < -0.4 is 10.1 Å². The first-order chi connectivity index (χ1) is 12.9. The Kier molecular flexibility index (Phi) is 10.6. The topological polar surface area (TPSA) is 92.3 Å². The summed E-state index contributed by atoms with van der Waals surface area (Å²) >= 11 is 0. The summed E-state index contributed by atoms with van der Waals surface area (Å²) in [5.74, 6) is 0.709. The van der Waals surface area contributed by atoms with Crippen molar-refractivity contribution in [3.63, 3.8) is 0 Å². The van der Waals surface area contributed by atoms with Crippen LogP contribution in [0.15, 0.2) is 24.3 Å². The molecule has 0 fully saturated rings. The Bertz CT molecular complexity index is 589. The Morgan fingerprint density at radius 3 is 1.56 bits per heavy atom. The summed E-state index contributed by atoms with van der Waals surface area (Å²) in [6, 6.07) is 7.17. The summed E-state index contributed by atoms with van der Waals surface area (Å²) in [7, 11) is -5.94. The lowest BCUT2D eigenvalue weighted by molar-refractivity contribution is 0.196. The van der Waals surface area contributed by atoms with Crippen LogP contribution in [-0.4, -0.2) is 45.5 Å². The molecule has 0 aliphatic carbocycles. The predicted molar refractivity (Wildman–Crippen MR) is 107 cm³/mol. The highest BCUT2D eigenvalue weighted by Crippen LogP contribution is 2.70. The van der Waals surface area contributed by atoms with Crippen LogP contribution in [0.25, 0.3) is 0 Å². The molecule has 0 saturated heterocycles. The van der Waals surface area contributed by atoms with Gasteiger partial charge in [0.05, 0.1) is 33.5 Å². The first kappa shape index (κ1) is 24.2. The van der Waals surface area contributed by atoms with Crippen LogP contribution in [0.2, 0.25) is 0 Å². The molecule has 8 nitrogen and oxygen atoms in total. The number of benzene rings is 1. The maximum Gasteiger partial charge on any atom is 0.347 e. The molecule has 1 rings (SSSR count). The lowest BCUT2D eigenvalue weighted by Gasteiger charge is -2.31. The van der Waals surface area contributed by atoms with E-state index >= 15 is 0 Å². The number of methoxy groups -OCH3 is 1. The van der Waals surface area contributed by atoms with E-state index < -0.39 is 20.6 Å². The zero-order valence-electron chi connectivity index (χ0n) is 16.7. The zero-order valence-corrected chi connectivity index (χ0v) is 18.5. The highest BCUT2D eigenvalue weighted by atomic mass is 31.2. The summed E-state index contributed by atoms with van der Waals surface area (Å²) in [6.07, 6.45) is 0. The van der Waals surface area contributed by atoms with Gasteiger partial charge in [-0.2, -0.15) is 0 Å². The van der Waals surface area contributed by atoms with Crippen molar-refractivity contribution in [3.8, 4) is 5.75 Å². The summed E-state index contributed by atoms with van der Waals surface area (Å²) in [5, 5.41) is 2.02. The van der Waals surface area contributed by atoms with E-state index in [1.165, 1.54) is 0 Å². The molecule has 10 heteroatoms. The molecule has 0 heterocycles. The minimum atomic E-state index is -3.76. The van der Waals surface area contributed by atoms with Crippen molar-refractivity contribution in [3.05, 3.63) is 24.3 Å². The molecule has 1 N–H and O–H groups in total. The minimum absolute atomic E-state index is 0.0287. The zero-order chi connectivity index (χ0) is 20.3. The van der Waals surface area contributed by atoms with Crippen molar-refractivity contribution >= 4 is 20.9 Å². The molecule has 1 aromatic carbocycles. The fourth-order valence-corrected chi connectivity index (χ4v) is 7.55. The van der Waals surface area contributed by atoms with Crippen LogP contribution in [0, 0.1) is 0 Å². The number of ether oxygens (including phenoxy) is 1. The van der Waals surface area contributed by atoms with Gasteiger partial charge in [0, 0.05) is 12.2 Å². The molecule has 0 spiro atoms. The van der Waals surface area contributed by atoms with E-state index in [1.807, 2.05) is 0 Å². The van der Waals surface area contributed by atoms with Gasteiger partial charge in [0.2, 0.25) is 0 Å².